The van der Waals surface area contributed by atoms with Crippen LogP contribution >= 0.6 is 15.9 Å². The first-order valence-electron chi connectivity index (χ1n) is 6.56. The van der Waals surface area contributed by atoms with Crippen LogP contribution in [0.1, 0.15) is 38.7 Å². The summed E-state index contributed by atoms with van der Waals surface area (Å²) in [6.45, 7) is 4.28. The Morgan fingerprint density at radius 2 is 2.06 bits per heavy atom. The smallest absolute Gasteiger partial charge is 0.124 e. The molecule has 1 aliphatic rings. The van der Waals surface area contributed by atoms with Crippen LogP contribution in [0.5, 0.6) is 0 Å². The summed E-state index contributed by atoms with van der Waals surface area (Å²) < 4.78 is 14.1. The Morgan fingerprint density at radius 1 is 1.33 bits per heavy atom. The predicted octanol–water partition coefficient (Wildman–Crippen LogP) is 4.32. The number of halogens is 2. The Kier molecular flexibility index (Phi) is 4.12. The number of aliphatic hydroxyl groups is 1. The van der Waals surface area contributed by atoms with Gasteiger partial charge in [0.2, 0.25) is 0 Å². The number of hydrogen-bond donors (Lipinski definition) is 1. The molecule has 0 aliphatic heterocycles. The van der Waals surface area contributed by atoms with E-state index in [9.17, 15) is 9.50 Å². The normalized spacial score (nSPS) is 32.5. The summed E-state index contributed by atoms with van der Waals surface area (Å²) in [6, 6.07) is 4.86. The van der Waals surface area contributed by atoms with Gasteiger partial charge in [-0.15, -0.1) is 0 Å². The molecular formula is C15H20BrFO. The van der Waals surface area contributed by atoms with Crippen molar-refractivity contribution in [3.63, 3.8) is 0 Å². The van der Waals surface area contributed by atoms with Crippen molar-refractivity contribution < 1.29 is 9.50 Å². The highest BCUT2D eigenvalue weighted by Crippen LogP contribution is 2.39. The number of hydrogen-bond acceptors (Lipinski definition) is 1. The SMILES string of the molecule is CC1CCC(C)C(O)(Cc2cc(F)cc(Br)c2)C1. The van der Waals surface area contributed by atoms with Crippen molar-refractivity contribution >= 4 is 15.9 Å². The van der Waals surface area contributed by atoms with Gasteiger partial charge in [-0.1, -0.05) is 36.2 Å². The van der Waals surface area contributed by atoms with Crippen molar-refractivity contribution in [1.82, 2.24) is 0 Å². The third-order valence-corrected chi connectivity index (χ3v) is 4.60. The number of rotatable bonds is 2. The summed E-state index contributed by atoms with van der Waals surface area (Å²) in [5.74, 6) is 0.568. The van der Waals surface area contributed by atoms with E-state index in [0.29, 0.717) is 12.3 Å². The second-order valence-corrected chi connectivity index (χ2v) is 6.76. The molecular weight excluding hydrogens is 295 g/mol. The number of benzene rings is 1. The first-order chi connectivity index (χ1) is 8.39. The van der Waals surface area contributed by atoms with E-state index in [-0.39, 0.29) is 11.7 Å². The van der Waals surface area contributed by atoms with Gasteiger partial charge in [0.15, 0.2) is 0 Å². The minimum absolute atomic E-state index is 0.250. The van der Waals surface area contributed by atoms with E-state index in [1.54, 1.807) is 0 Å². The summed E-state index contributed by atoms with van der Waals surface area (Å²) in [6.07, 6.45) is 3.57. The molecule has 1 N–H and O–H groups in total. The van der Waals surface area contributed by atoms with Crippen molar-refractivity contribution in [3.05, 3.63) is 34.1 Å². The van der Waals surface area contributed by atoms with Crippen LogP contribution in [-0.4, -0.2) is 10.7 Å². The minimum Gasteiger partial charge on any atom is -0.389 e. The Morgan fingerprint density at radius 3 is 2.72 bits per heavy atom. The lowest BCUT2D eigenvalue weighted by Gasteiger charge is -2.41. The summed E-state index contributed by atoms with van der Waals surface area (Å²) in [5.41, 5.74) is 0.176. The first kappa shape index (κ1) is 14.0. The van der Waals surface area contributed by atoms with Crippen LogP contribution in [0.25, 0.3) is 0 Å². The Hall–Kier alpha value is -0.410. The molecule has 1 aromatic rings. The van der Waals surface area contributed by atoms with Crippen molar-refractivity contribution in [3.8, 4) is 0 Å². The molecule has 1 fully saturated rings. The van der Waals surface area contributed by atoms with Crippen LogP contribution in [0.3, 0.4) is 0 Å². The van der Waals surface area contributed by atoms with Gasteiger partial charge in [-0.3, -0.25) is 0 Å². The molecule has 0 aromatic heterocycles. The average Bonchev–Trinajstić information content (AvgIpc) is 2.22. The third-order valence-electron chi connectivity index (χ3n) is 4.14. The zero-order valence-electron chi connectivity index (χ0n) is 10.9. The van der Waals surface area contributed by atoms with Gasteiger partial charge < -0.3 is 5.11 Å². The monoisotopic (exact) mass is 314 g/mol. The molecule has 0 heterocycles. The molecule has 1 nitrogen and oxygen atoms in total. The van der Waals surface area contributed by atoms with Crippen LogP contribution in [0.15, 0.2) is 22.7 Å². The van der Waals surface area contributed by atoms with Gasteiger partial charge in [-0.25, -0.2) is 4.39 Å². The molecule has 0 radical (unpaired) electrons. The van der Waals surface area contributed by atoms with Gasteiger partial charge in [-0.05, 0) is 48.4 Å². The molecule has 2 rings (SSSR count). The third kappa shape index (κ3) is 3.12. The van der Waals surface area contributed by atoms with Crippen LogP contribution in [0.4, 0.5) is 4.39 Å². The van der Waals surface area contributed by atoms with Crippen molar-refractivity contribution in [1.29, 1.82) is 0 Å². The van der Waals surface area contributed by atoms with Crippen LogP contribution in [-0.2, 0) is 6.42 Å². The quantitative estimate of drug-likeness (QED) is 0.862. The molecule has 18 heavy (non-hydrogen) atoms. The van der Waals surface area contributed by atoms with E-state index in [4.69, 9.17) is 0 Å². The van der Waals surface area contributed by atoms with Gasteiger partial charge in [0.1, 0.15) is 5.82 Å². The predicted molar refractivity (Wildman–Crippen MR) is 74.9 cm³/mol. The fraction of sp³-hybridized carbons (Fsp3) is 0.600. The molecule has 0 saturated heterocycles. The van der Waals surface area contributed by atoms with Crippen LogP contribution < -0.4 is 0 Å². The second kappa shape index (κ2) is 5.30. The largest absolute Gasteiger partial charge is 0.389 e. The maximum absolute atomic E-state index is 13.4. The summed E-state index contributed by atoms with van der Waals surface area (Å²) in [4.78, 5) is 0. The maximum Gasteiger partial charge on any atom is 0.124 e. The fourth-order valence-electron chi connectivity index (χ4n) is 3.02. The lowest BCUT2D eigenvalue weighted by atomic mass is 9.69. The van der Waals surface area contributed by atoms with E-state index in [2.05, 4.69) is 29.8 Å². The summed E-state index contributed by atoms with van der Waals surface area (Å²) in [7, 11) is 0. The molecule has 100 valence electrons. The molecule has 1 saturated carbocycles. The fourth-order valence-corrected chi connectivity index (χ4v) is 3.54. The lowest BCUT2D eigenvalue weighted by molar-refractivity contribution is -0.0560. The second-order valence-electron chi connectivity index (χ2n) is 5.85. The molecule has 0 bridgehead atoms. The van der Waals surface area contributed by atoms with Crippen LogP contribution in [0, 0.1) is 17.7 Å². The summed E-state index contributed by atoms with van der Waals surface area (Å²) >= 11 is 3.30. The zero-order chi connectivity index (χ0) is 13.3. The molecule has 0 spiro atoms. The zero-order valence-corrected chi connectivity index (χ0v) is 12.5. The van der Waals surface area contributed by atoms with E-state index >= 15 is 0 Å². The topological polar surface area (TPSA) is 20.2 Å². The van der Waals surface area contributed by atoms with Gasteiger partial charge >= 0.3 is 0 Å². The first-order valence-corrected chi connectivity index (χ1v) is 7.36. The lowest BCUT2D eigenvalue weighted by Crippen LogP contribution is -2.43. The van der Waals surface area contributed by atoms with Crippen molar-refractivity contribution in [2.45, 2.75) is 45.1 Å². The Bertz CT molecular complexity index is 414. The molecule has 3 atom stereocenters. The highest BCUT2D eigenvalue weighted by molar-refractivity contribution is 9.10. The van der Waals surface area contributed by atoms with E-state index in [1.807, 2.05) is 6.07 Å². The Balaban J connectivity index is 2.20. The van der Waals surface area contributed by atoms with Crippen molar-refractivity contribution in [2.24, 2.45) is 11.8 Å². The highest BCUT2D eigenvalue weighted by Gasteiger charge is 2.38. The molecule has 1 aliphatic carbocycles. The van der Waals surface area contributed by atoms with Crippen LogP contribution in [0.2, 0.25) is 0 Å². The molecule has 0 amide bonds. The van der Waals surface area contributed by atoms with Gasteiger partial charge in [0.05, 0.1) is 5.60 Å². The van der Waals surface area contributed by atoms with Gasteiger partial charge in [0, 0.05) is 10.9 Å². The standard InChI is InChI=1S/C15H20BrFO/c1-10-3-4-11(2)15(18,8-10)9-12-5-13(16)7-14(17)6-12/h5-7,10-11,18H,3-4,8-9H2,1-2H3. The average molecular weight is 315 g/mol. The van der Waals surface area contributed by atoms with Gasteiger partial charge in [-0.2, -0.15) is 0 Å². The van der Waals surface area contributed by atoms with E-state index in [1.165, 1.54) is 18.6 Å². The van der Waals surface area contributed by atoms with E-state index < -0.39 is 5.60 Å². The van der Waals surface area contributed by atoms with Crippen molar-refractivity contribution in [2.75, 3.05) is 0 Å². The van der Waals surface area contributed by atoms with Gasteiger partial charge in [0.25, 0.3) is 0 Å². The summed E-state index contributed by atoms with van der Waals surface area (Å²) in [5, 5.41) is 10.8. The highest BCUT2D eigenvalue weighted by atomic mass is 79.9. The molecule has 3 unspecified atom stereocenters. The molecule has 3 heteroatoms. The maximum atomic E-state index is 13.4. The Labute approximate surface area is 117 Å². The van der Waals surface area contributed by atoms with E-state index in [0.717, 1.165) is 22.9 Å². The minimum atomic E-state index is -0.690. The molecule has 1 aromatic carbocycles.